The Bertz CT molecular complexity index is 527. The number of methoxy groups -OCH3 is 1. The van der Waals surface area contributed by atoms with E-state index in [1.54, 1.807) is 0 Å². The van der Waals surface area contributed by atoms with E-state index in [2.05, 4.69) is 23.6 Å². The number of carbonyl (C=O) groups is 1. The normalized spacial score (nSPS) is 26.2. The van der Waals surface area contributed by atoms with Gasteiger partial charge in [0.1, 0.15) is 0 Å². The van der Waals surface area contributed by atoms with Crippen LogP contribution in [0.5, 0.6) is 0 Å². The van der Waals surface area contributed by atoms with Gasteiger partial charge >= 0.3 is 5.97 Å². The summed E-state index contributed by atoms with van der Waals surface area (Å²) >= 11 is 0. The maximum Gasteiger partial charge on any atom is 0.337 e. The number of hydrogen-bond donors (Lipinski definition) is 0. The first-order valence-electron chi connectivity index (χ1n) is 8.72. The highest BCUT2D eigenvalue weighted by Crippen LogP contribution is 2.31. The van der Waals surface area contributed by atoms with Crippen LogP contribution in [-0.2, 0) is 11.3 Å². The van der Waals surface area contributed by atoms with Crippen LogP contribution in [0.25, 0.3) is 0 Å². The second kappa shape index (κ2) is 7.02. The number of carbonyl (C=O) groups excluding carboxylic acids is 1. The Kier molecular flexibility index (Phi) is 5.02. The standard InChI is InChI=1S/C19H28N2O2/c1-14-10-20(12-16-4-5-16)11-15(2)21(14)13-17-6-8-18(9-7-17)19(22)23-3/h6-9,14-16H,4-5,10-13H2,1-3H3/t14-,15+. The van der Waals surface area contributed by atoms with Gasteiger partial charge in [0.05, 0.1) is 12.7 Å². The van der Waals surface area contributed by atoms with E-state index >= 15 is 0 Å². The van der Waals surface area contributed by atoms with Crippen molar-refractivity contribution in [3.63, 3.8) is 0 Å². The van der Waals surface area contributed by atoms with Gasteiger partial charge in [0, 0.05) is 38.3 Å². The SMILES string of the molecule is COC(=O)c1ccc(CN2[C@H](C)CN(CC3CC3)C[C@@H]2C)cc1. The minimum Gasteiger partial charge on any atom is -0.465 e. The molecule has 0 spiro atoms. The molecule has 1 aliphatic carbocycles. The van der Waals surface area contributed by atoms with Gasteiger partial charge in [0.25, 0.3) is 0 Å². The van der Waals surface area contributed by atoms with Crippen molar-refractivity contribution in [2.45, 2.75) is 45.3 Å². The third kappa shape index (κ3) is 4.12. The molecule has 1 aromatic carbocycles. The molecule has 0 unspecified atom stereocenters. The molecule has 2 atom stereocenters. The number of benzene rings is 1. The summed E-state index contributed by atoms with van der Waals surface area (Å²) in [6, 6.07) is 8.94. The van der Waals surface area contributed by atoms with Gasteiger partial charge in [-0.25, -0.2) is 4.79 Å². The third-order valence-corrected chi connectivity index (χ3v) is 5.13. The maximum absolute atomic E-state index is 11.5. The van der Waals surface area contributed by atoms with Gasteiger partial charge in [-0.3, -0.25) is 9.80 Å². The lowest BCUT2D eigenvalue weighted by Gasteiger charge is -2.44. The van der Waals surface area contributed by atoms with Gasteiger partial charge in [-0.15, -0.1) is 0 Å². The van der Waals surface area contributed by atoms with Gasteiger partial charge < -0.3 is 4.74 Å². The van der Waals surface area contributed by atoms with Crippen molar-refractivity contribution in [2.75, 3.05) is 26.7 Å². The molecule has 1 aliphatic heterocycles. The van der Waals surface area contributed by atoms with Gasteiger partial charge in [-0.1, -0.05) is 12.1 Å². The van der Waals surface area contributed by atoms with E-state index in [0.29, 0.717) is 17.6 Å². The predicted octanol–water partition coefficient (Wildman–Crippen LogP) is 2.78. The van der Waals surface area contributed by atoms with Crippen LogP contribution in [0.2, 0.25) is 0 Å². The second-order valence-electron chi connectivity index (χ2n) is 7.22. The van der Waals surface area contributed by atoms with Crippen molar-refractivity contribution in [1.82, 2.24) is 9.80 Å². The van der Waals surface area contributed by atoms with E-state index in [1.165, 1.54) is 45.1 Å². The molecular weight excluding hydrogens is 288 g/mol. The summed E-state index contributed by atoms with van der Waals surface area (Å²) in [5.41, 5.74) is 1.87. The summed E-state index contributed by atoms with van der Waals surface area (Å²) < 4.78 is 4.75. The molecule has 0 amide bonds. The summed E-state index contributed by atoms with van der Waals surface area (Å²) in [6.45, 7) is 9.23. The molecule has 1 aromatic rings. The van der Waals surface area contributed by atoms with Crippen LogP contribution < -0.4 is 0 Å². The number of rotatable bonds is 5. The Labute approximate surface area is 139 Å². The molecule has 4 heteroatoms. The molecule has 1 saturated carbocycles. The zero-order valence-corrected chi connectivity index (χ0v) is 14.5. The van der Waals surface area contributed by atoms with Crippen LogP contribution in [0.4, 0.5) is 0 Å². The summed E-state index contributed by atoms with van der Waals surface area (Å²) in [4.78, 5) is 16.7. The Morgan fingerprint density at radius 1 is 1.13 bits per heavy atom. The quantitative estimate of drug-likeness (QED) is 0.782. The molecule has 0 radical (unpaired) electrons. The van der Waals surface area contributed by atoms with Crippen LogP contribution >= 0.6 is 0 Å². The van der Waals surface area contributed by atoms with E-state index in [0.717, 1.165) is 12.5 Å². The molecule has 4 nitrogen and oxygen atoms in total. The minimum atomic E-state index is -0.271. The van der Waals surface area contributed by atoms with Crippen molar-refractivity contribution in [2.24, 2.45) is 5.92 Å². The lowest BCUT2D eigenvalue weighted by molar-refractivity contribution is 0.0307. The average Bonchev–Trinajstić information content (AvgIpc) is 3.35. The maximum atomic E-state index is 11.5. The largest absolute Gasteiger partial charge is 0.465 e. The van der Waals surface area contributed by atoms with E-state index < -0.39 is 0 Å². The molecule has 126 valence electrons. The highest BCUT2D eigenvalue weighted by atomic mass is 16.5. The first kappa shape index (κ1) is 16.5. The molecule has 0 bridgehead atoms. The zero-order valence-electron chi connectivity index (χ0n) is 14.5. The predicted molar refractivity (Wildman–Crippen MR) is 91.4 cm³/mol. The molecule has 23 heavy (non-hydrogen) atoms. The second-order valence-corrected chi connectivity index (χ2v) is 7.22. The highest BCUT2D eigenvalue weighted by Gasteiger charge is 2.32. The lowest BCUT2D eigenvalue weighted by Crippen LogP contribution is -2.56. The highest BCUT2D eigenvalue weighted by molar-refractivity contribution is 5.89. The van der Waals surface area contributed by atoms with Crippen LogP contribution in [-0.4, -0.2) is 54.6 Å². The fraction of sp³-hybridized carbons (Fsp3) is 0.632. The average molecular weight is 316 g/mol. The van der Waals surface area contributed by atoms with Gasteiger partial charge in [-0.2, -0.15) is 0 Å². The third-order valence-electron chi connectivity index (χ3n) is 5.13. The first-order chi connectivity index (χ1) is 11.1. The molecule has 1 saturated heterocycles. The van der Waals surface area contributed by atoms with Crippen molar-refractivity contribution < 1.29 is 9.53 Å². The summed E-state index contributed by atoms with van der Waals surface area (Å²) in [6.07, 6.45) is 2.85. The topological polar surface area (TPSA) is 32.8 Å². The van der Waals surface area contributed by atoms with Crippen molar-refractivity contribution >= 4 is 5.97 Å². The van der Waals surface area contributed by atoms with Crippen LogP contribution in [0.1, 0.15) is 42.6 Å². The Hall–Kier alpha value is -1.39. The summed E-state index contributed by atoms with van der Waals surface area (Å²) in [5, 5.41) is 0. The van der Waals surface area contributed by atoms with Crippen LogP contribution in [0.3, 0.4) is 0 Å². The number of hydrogen-bond acceptors (Lipinski definition) is 4. The number of esters is 1. The van der Waals surface area contributed by atoms with Crippen molar-refractivity contribution in [3.05, 3.63) is 35.4 Å². The Morgan fingerprint density at radius 3 is 2.26 bits per heavy atom. The monoisotopic (exact) mass is 316 g/mol. The first-order valence-corrected chi connectivity index (χ1v) is 8.72. The van der Waals surface area contributed by atoms with Gasteiger partial charge in [0.15, 0.2) is 0 Å². The Morgan fingerprint density at radius 2 is 1.74 bits per heavy atom. The number of ether oxygens (including phenoxy) is 1. The van der Waals surface area contributed by atoms with E-state index in [-0.39, 0.29) is 5.97 Å². The van der Waals surface area contributed by atoms with E-state index in [4.69, 9.17) is 4.74 Å². The van der Waals surface area contributed by atoms with Crippen LogP contribution in [0.15, 0.2) is 24.3 Å². The Balaban J connectivity index is 1.59. The smallest absolute Gasteiger partial charge is 0.337 e. The fourth-order valence-electron chi connectivity index (χ4n) is 3.67. The molecule has 2 aliphatic rings. The van der Waals surface area contributed by atoms with E-state index in [1.807, 2.05) is 24.3 Å². The molecular formula is C19H28N2O2. The molecule has 1 heterocycles. The van der Waals surface area contributed by atoms with Crippen LogP contribution in [0, 0.1) is 5.92 Å². The zero-order chi connectivity index (χ0) is 16.4. The molecule has 0 N–H and O–H groups in total. The van der Waals surface area contributed by atoms with E-state index in [9.17, 15) is 4.79 Å². The lowest BCUT2D eigenvalue weighted by atomic mass is 10.0. The molecule has 0 aromatic heterocycles. The fourth-order valence-corrected chi connectivity index (χ4v) is 3.67. The van der Waals surface area contributed by atoms with Gasteiger partial charge in [-0.05, 0) is 50.3 Å². The number of nitrogens with zero attached hydrogens (tertiary/aromatic N) is 2. The van der Waals surface area contributed by atoms with Crippen molar-refractivity contribution in [3.8, 4) is 0 Å². The number of piperazine rings is 1. The molecule has 3 rings (SSSR count). The minimum absolute atomic E-state index is 0.271. The van der Waals surface area contributed by atoms with Crippen molar-refractivity contribution in [1.29, 1.82) is 0 Å². The molecule has 2 fully saturated rings. The summed E-state index contributed by atoms with van der Waals surface area (Å²) in [5.74, 6) is 0.693. The van der Waals surface area contributed by atoms with Gasteiger partial charge in [0.2, 0.25) is 0 Å². The summed E-state index contributed by atoms with van der Waals surface area (Å²) in [7, 11) is 1.42.